The molecule has 4 amide bonds. The van der Waals surface area contributed by atoms with Crippen molar-refractivity contribution in [2.75, 3.05) is 12.4 Å². The second-order valence-electron chi connectivity index (χ2n) is 4.95. The van der Waals surface area contributed by atoms with E-state index < -0.39 is 5.54 Å². The van der Waals surface area contributed by atoms with Gasteiger partial charge in [-0.1, -0.05) is 6.07 Å². The van der Waals surface area contributed by atoms with Gasteiger partial charge in [-0.3, -0.25) is 14.9 Å². The number of likely N-dealkylation sites (N-methyl/N-ethyl adjacent to an activating group) is 1. The predicted molar refractivity (Wildman–Crippen MR) is 67.6 cm³/mol. The first-order valence-electron chi connectivity index (χ1n) is 5.98. The summed E-state index contributed by atoms with van der Waals surface area (Å²) in [6.45, 7) is 0. The SMILES string of the molecule is CN1C(=O)NC(=O)C12Cc1ccc(NC=O)cc1C2. The minimum Gasteiger partial charge on any atom is -0.329 e. The maximum Gasteiger partial charge on any atom is 0.324 e. The van der Waals surface area contributed by atoms with E-state index in [0.29, 0.717) is 24.9 Å². The molecular formula is C13H13N3O3. The third-order valence-electron chi connectivity index (χ3n) is 3.99. The normalized spacial score (nSPS) is 24.6. The van der Waals surface area contributed by atoms with E-state index in [2.05, 4.69) is 10.6 Å². The summed E-state index contributed by atoms with van der Waals surface area (Å²) in [4.78, 5) is 35.6. The molecule has 19 heavy (non-hydrogen) atoms. The topological polar surface area (TPSA) is 78.5 Å². The number of rotatable bonds is 2. The average molecular weight is 259 g/mol. The highest BCUT2D eigenvalue weighted by Crippen LogP contribution is 2.37. The van der Waals surface area contributed by atoms with Crippen LogP contribution in [0.3, 0.4) is 0 Å². The molecule has 3 rings (SSSR count). The lowest BCUT2D eigenvalue weighted by atomic mass is 9.95. The van der Waals surface area contributed by atoms with Gasteiger partial charge < -0.3 is 10.2 Å². The summed E-state index contributed by atoms with van der Waals surface area (Å²) >= 11 is 0. The van der Waals surface area contributed by atoms with Gasteiger partial charge >= 0.3 is 6.03 Å². The molecular weight excluding hydrogens is 246 g/mol. The molecule has 6 nitrogen and oxygen atoms in total. The number of carbonyl (C=O) groups excluding carboxylic acids is 3. The number of urea groups is 1. The number of nitrogens with zero attached hydrogens (tertiary/aromatic N) is 1. The Kier molecular flexibility index (Phi) is 2.35. The molecule has 1 aliphatic heterocycles. The fraction of sp³-hybridized carbons (Fsp3) is 0.308. The Labute approximate surface area is 109 Å². The van der Waals surface area contributed by atoms with Crippen molar-refractivity contribution in [3.63, 3.8) is 0 Å². The van der Waals surface area contributed by atoms with Crippen molar-refractivity contribution >= 4 is 24.0 Å². The van der Waals surface area contributed by atoms with Gasteiger partial charge in [-0.05, 0) is 23.3 Å². The van der Waals surface area contributed by atoms with Crippen molar-refractivity contribution in [2.24, 2.45) is 0 Å². The highest BCUT2D eigenvalue weighted by atomic mass is 16.2. The quantitative estimate of drug-likeness (QED) is 0.591. The highest BCUT2D eigenvalue weighted by molar-refractivity contribution is 6.07. The van der Waals surface area contributed by atoms with Crippen molar-refractivity contribution in [1.82, 2.24) is 10.2 Å². The molecule has 2 N–H and O–H groups in total. The highest BCUT2D eigenvalue weighted by Gasteiger charge is 2.54. The predicted octanol–water partition coefficient (Wildman–Crippen LogP) is 0.274. The first-order valence-corrected chi connectivity index (χ1v) is 5.98. The van der Waals surface area contributed by atoms with E-state index in [0.717, 1.165) is 11.1 Å². The number of imide groups is 1. The van der Waals surface area contributed by atoms with Gasteiger partial charge in [-0.2, -0.15) is 0 Å². The number of fused-ring (bicyclic) bond motifs is 1. The Hall–Kier alpha value is -2.37. The Bertz CT molecular complexity index is 599. The van der Waals surface area contributed by atoms with Crippen molar-refractivity contribution < 1.29 is 14.4 Å². The van der Waals surface area contributed by atoms with E-state index >= 15 is 0 Å². The summed E-state index contributed by atoms with van der Waals surface area (Å²) in [6.07, 6.45) is 1.60. The van der Waals surface area contributed by atoms with E-state index in [-0.39, 0.29) is 11.9 Å². The van der Waals surface area contributed by atoms with Crippen molar-refractivity contribution in [3.05, 3.63) is 29.3 Å². The summed E-state index contributed by atoms with van der Waals surface area (Å²) in [5.74, 6) is -0.249. The molecule has 1 aliphatic carbocycles. The van der Waals surface area contributed by atoms with E-state index in [1.54, 1.807) is 13.1 Å². The molecule has 1 aromatic rings. The zero-order chi connectivity index (χ0) is 13.6. The maximum absolute atomic E-state index is 12.1. The van der Waals surface area contributed by atoms with Gasteiger partial charge in [-0.25, -0.2) is 4.79 Å². The van der Waals surface area contributed by atoms with E-state index in [9.17, 15) is 14.4 Å². The first-order chi connectivity index (χ1) is 9.06. The molecule has 0 aromatic heterocycles. The fourth-order valence-electron chi connectivity index (χ4n) is 2.86. The lowest BCUT2D eigenvalue weighted by Gasteiger charge is -2.27. The molecule has 1 aromatic carbocycles. The molecule has 1 saturated heterocycles. The average Bonchev–Trinajstić information content (AvgIpc) is 2.85. The minimum atomic E-state index is -0.806. The van der Waals surface area contributed by atoms with Crippen LogP contribution in [0.25, 0.3) is 0 Å². The molecule has 0 bridgehead atoms. The molecule has 6 heteroatoms. The molecule has 0 saturated carbocycles. The number of anilines is 1. The minimum absolute atomic E-state index is 0.249. The van der Waals surface area contributed by atoms with E-state index in [1.165, 1.54) is 4.90 Å². The van der Waals surface area contributed by atoms with Crippen LogP contribution < -0.4 is 10.6 Å². The lowest BCUT2D eigenvalue weighted by molar-refractivity contribution is -0.125. The van der Waals surface area contributed by atoms with Gasteiger partial charge in [0.25, 0.3) is 5.91 Å². The van der Waals surface area contributed by atoms with Gasteiger partial charge in [0, 0.05) is 25.6 Å². The number of carbonyl (C=O) groups is 3. The third-order valence-corrected chi connectivity index (χ3v) is 3.99. The Morgan fingerprint density at radius 1 is 1.32 bits per heavy atom. The number of benzene rings is 1. The summed E-state index contributed by atoms with van der Waals surface area (Å²) in [7, 11) is 1.64. The second-order valence-corrected chi connectivity index (χ2v) is 4.95. The van der Waals surface area contributed by atoms with Crippen molar-refractivity contribution in [2.45, 2.75) is 18.4 Å². The van der Waals surface area contributed by atoms with Crippen LogP contribution in [0.15, 0.2) is 18.2 Å². The largest absolute Gasteiger partial charge is 0.329 e. The van der Waals surface area contributed by atoms with Gasteiger partial charge in [0.05, 0.1) is 0 Å². The van der Waals surface area contributed by atoms with Crippen LogP contribution in [0.5, 0.6) is 0 Å². The standard InChI is InChI=1S/C13H13N3O3/c1-16-12(19)15-11(18)13(16)5-8-2-3-10(14-7-17)4-9(8)6-13/h2-4,7H,5-6H2,1H3,(H,14,17)(H,15,18,19). The van der Waals surface area contributed by atoms with Crippen LogP contribution in [0.1, 0.15) is 11.1 Å². The number of nitrogens with one attached hydrogen (secondary N) is 2. The van der Waals surface area contributed by atoms with Gasteiger partial charge in [-0.15, -0.1) is 0 Å². The summed E-state index contributed by atoms with van der Waals surface area (Å²) in [6, 6.07) is 5.17. The second kappa shape index (κ2) is 3.81. The summed E-state index contributed by atoms with van der Waals surface area (Å²) < 4.78 is 0. The van der Waals surface area contributed by atoms with E-state index in [4.69, 9.17) is 0 Å². The molecule has 2 aliphatic rings. The zero-order valence-electron chi connectivity index (χ0n) is 10.4. The number of hydrogen-bond donors (Lipinski definition) is 2. The third kappa shape index (κ3) is 1.53. The molecule has 1 atom stereocenters. The number of hydrogen-bond acceptors (Lipinski definition) is 3. The van der Waals surface area contributed by atoms with Crippen LogP contribution in [-0.2, 0) is 22.4 Å². The molecule has 1 spiro atoms. The van der Waals surface area contributed by atoms with Gasteiger partial charge in [0.1, 0.15) is 5.54 Å². The monoisotopic (exact) mass is 259 g/mol. The molecule has 1 heterocycles. The smallest absolute Gasteiger partial charge is 0.324 e. The van der Waals surface area contributed by atoms with Crippen LogP contribution >= 0.6 is 0 Å². The summed E-state index contributed by atoms with van der Waals surface area (Å²) in [5, 5.41) is 4.94. The Balaban J connectivity index is 1.97. The first kappa shape index (κ1) is 11.7. The molecule has 0 radical (unpaired) electrons. The lowest BCUT2D eigenvalue weighted by Crippen LogP contribution is -2.48. The van der Waals surface area contributed by atoms with Crippen LogP contribution in [0.2, 0.25) is 0 Å². The fourth-order valence-corrected chi connectivity index (χ4v) is 2.86. The zero-order valence-corrected chi connectivity index (χ0v) is 10.4. The number of amides is 4. The Morgan fingerprint density at radius 2 is 2.05 bits per heavy atom. The van der Waals surface area contributed by atoms with Crippen LogP contribution in [0, 0.1) is 0 Å². The van der Waals surface area contributed by atoms with Gasteiger partial charge in [0.2, 0.25) is 6.41 Å². The van der Waals surface area contributed by atoms with Crippen LogP contribution in [-0.4, -0.2) is 35.8 Å². The summed E-state index contributed by atoms with van der Waals surface area (Å²) in [5.41, 5.74) is 1.91. The van der Waals surface area contributed by atoms with Gasteiger partial charge in [0.15, 0.2) is 0 Å². The maximum atomic E-state index is 12.1. The molecule has 1 unspecified atom stereocenters. The Morgan fingerprint density at radius 3 is 2.68 bits per heavy atom. The van der Waals surface area contributed by atoms with Crippen molar-refractivity contribution in [1.29, 1.82) is 0 Å². The van der Waals surface area contributed by atoms with E-state index in [1.807, 2.05) is 12.1 Å². The van der Waals surface area contributed by atoms with Crippen molar-refractivity contribution in [3.8, 4) is 0 Å². The molecule has 98 valence electrons. The molecule has 1 fully saturated rings. The van der Waals surface area contributed by atoms with Crippen LogP contribution in [0.4, 0.5) is 10.5 Å².